The summed E-state index contributed by atoms with van der Waals surface area (Å²) in [6.45, 7) is 2.06. The van der Waals surface area contributed by atoms with Crippen LogP contribution in [0.5, 0.6) is 17.2 Å². The Bertz CT molecular complexity index is 3340. The molecule has 6 aromatic carbocycles. The molecule has 16 nitrogen and oxygen atoms in total. The van der Waals surface area contributed by atoms with E-state index in [-0.39, 0.29) is 72.6 Å². The largest absolute Gasteiger partial charge is 0.507 e. The second kappa shape index (κ2) is 31.5. The predicted molar refractivity (Wildman–Crippen MR) is 325 cm³/mol. The lowest BCUT2D eigenvalue weighted by Gasteiger charge is -2.26. The normalized spacial score (nSPS) is 12.7. The summed E-state index contributed by atoms with van der Waals surface area (Å²) in [5, 5.41) is 41.8. The molecule has 9 rings (SSSR count). The fraction of sp³-hybridized carbons (Fsp3) is 0.254. The van der Waals surface area contributed by atoms with Gasteiger partial charge < -0.3 is 46.4 Å². The molecule has 1 saturated carbocycles. The Morgan fingerprint density at radius 2 is 0.963 bits per heavy atom. The molecule has 7 N–H and O–H groups in total. The van der Waals surface area contributed by atoms with Gasteiger partial charge in [-0.1, -0.05) is 93.2 Å². The molecule has 1 aromatic heterocycles. The monoisotopic (exact) mass is 1170 g/mol. The van der Waals surface area contributed by atoms with Crippen LogP contribution in [-0.4, -0.2) is 98.3 Å². The lowest BCUT2D eigenvalue weighted by Crippen LogP contribution is -2.36. The summed E-state index contributed by atoms with van der Waals surface area (Å²) in [6.07, 6.45) is 11.1. The Labute approximate surface area is 493 Å². The van der Waals surface area contributed by atoms with Crippen molar-refractivity contribution in [3.05, 3.63) is 206 Å². The van der Waals surface area contributed by atoms with Gasteiger partial charge in [-0.3, -0.25) is 33.8 Å². The van der Waals surface area contributed by atoms with Crippen LogP contribution >= 0.6 is 34.8 Å². The number of carbonyl (C=O) groups is 6. The van der Waals surface area contributed by atoms with E-state index >= 15 is 0 Å². The molecule has 19 heteroatoms. The number of rotatable bonds is 13. The van der Waals surface area contributed by atoms with Crippen molar-refractivity contribution < 1.29 is 44.1 Å². The summed E-state index contributed by atoms with van der Waals surface area (Å²) in [5.74, 6) is -2.34. The number of piperidine rings is 1. The maximum absolute atomic E-state index is 12.7. The van der Waals surface area contributed by atoms with Gasteiger partial charge in [0.15, 0.2) is 0 Å². The van der Waals surface area contributed by atoms with Gasteiger partial charge in [-0.2, -0.15) is 0 Å². The number of nitrogens with zero attached hydrogens (tertiary/aromatic N) is 3. The summed E-state index contributed by atoms with van der Waals surface area (Å²) in [4.78, 5) is 82.5. The molecule has 1 aliphatic carbocycles. The molecule has 7 aromatic rings. The Hall–Kier alpha value is -8.44. The van der Waals surface area contributed by atoms with Crippen LogP contribution < -0.4 is 21.3 Å². The molecule has 2 aliphatic rings. The molecule has 2 fully saturated rings. The number of pyridine rings is 1. The van der Waals surface area contributed by atoms with Gasteiger partial charge in [0, 0.05) is 99.9 Å². The first-order chi connectivity index (χ1) is 38.5. The summed E-state index contributed by atoms with van der Waals surface area (Å²) in [6, 6.07) is 39.0. The lowest BCUT2D eigenvalue weighted by atomic mass is 9.95. The fourth-order valence-electron chi connectivity index (χ4n) is 8.83. The van der Waals surface area contributed by atoms with Crippen LogP contribution in [0.2, 0.25) is 15.1 Å². The molecule has 0 radical (unpaired) electrons. The Morgan fingerprint density at radius 3 is 1.43 bits per heavy atom. The number of carbonyl (C=O) groups excluding carboxylic acids is 6. The molecule has 0 unspecified atom stereocenters. The quantitative estimate of drug-likeness (QED) is 0.0577. The maximum atomic E-state index is 12.7. The first-order valence-electron chi connectivity index (χ1n) is 26.0. The van der Waals surface area contributed by atoms with Crippen molar-refractivity contribution in [3.63, 3.8) is 0 Å². The molecule has 6 amide bonds. The minimum atomic E-state index is -0.493. The van der Waals surface area contributed by atoms with Gasteiger partial charge in [0.25, 0.3) is 35.4 Å². The minimum Gasteiger partial charge on any atom is -0.507 e. The van der Waals surface area contributed by atoms with E-state index in [1.165, 1.54) is 61.0 Å². The standard InChI is InChI=1S/C22H20ClN3O3.C20H21ClN2O3.C19H19ClN2O3.2CH4/c1-26(12-10-17-6-2-3-11-24-17)22(29)15-5-4-7-18(13-15)25-21(28)19-9-8-16(23)14-20(19)27;21-14-9-10-17(18(24)12-14)20(26)23-16-8-4-5-13(11-16)19(25)22-15-6-2-1-3-7-15;20-14-7-8-16(17(23)12-14)18(24)21-15-6-4-5-13(11-15)19(25)22-9-2-1-3-10-22;;/h2-9,11,13-14,27H,10,12H2,1H3,(H,25,28);4-5,8-12,15,24H,1-3,6-7H2,(H,22,25)(H,23,26);4-8,11-12,23H,1-3,9-10H2,(H,21,24);2*1H4. The molecule has 1 aliphatic heterocycles. The number of benzene rings is 6. The van der Waals surface area contributed by atoms with Gasteiger partial charge in [0.1, 0.15) is 17.2 Å². The number of nitrogens with one attached hydrogen (secondary N) is 4. The number of hydrogen-bond acceptors (Lipinski definition) is 10. The second-order valence-corrected chi connectivity index (χ2v) is 20.4. The SMILES string of the molecule is C.C.CN(CCc1ccccn1)C(=O)c1cccc(NC(=O)c2ccc(Cl)cc2O)c1.O=C(NC1CCCCC1)c1cccc(NC(=O)c2ccc(Cl)cc2O)c1.O=C(Nc1cccc(C(=O)N2CCCCC2)c1)c1ccc(Cl)cc1O. The first kappa shape index (κ1) is 64.4. The first-order valence-corrected chi connectivity index (χ1v) is 27.1. The highest BCUT2D eigenvalue weighted by Gasteiger charge is 2.21. The number of aromatic nitrogens is 1. The van der Waals surface area contributed by atoms with Crippen molar-refractivity contribution in [2.24, 2.45) is 0 Å². The number of anilines is 3. The molecule has 0 atom stereocenters. The van der Waals surface area contributed by atoms with Crippen molar-refractivity contribution in [1.82, 2.24) is 20.1 Å². The molecule has 0 bridgehead atoms. The number of aromatic hydroxyl groups is 3. The maximum Gasteiger partial charge on any atom is 0.259 e. The van der Waals surface area contributed by atoms with Crippen LogP contribution in [-0.2, 0) is 6.42 Å². The van der Waals surface area contributed by atoms with E-state index in [1.54, 1.807) is 90.9 Å². The van der Waals surface area contributed by atoms with Gasteiger partial charge in [-0.15, -0.1) is 0 Å². The third kappa shape index (κ3) is 18.8. The number of halogens is 3. The third-order valence-electron chi connectivity index (χ3n) is 13.1. The van der Waals surface area contributed by atoms with Crippen molar-refractivity contribution in [2.75, 3.05) is 42.6 Å². The summed E-state index contributed by atoms with van der Waals surface area (Å²) >= 11 is 17.4. The summed E-state index contributed by atoms with van der Waals surface area (Å²) in [7, 11) is 1.72. The molecule has 0 spiro atoms. The highest BCUT2D eigenvalue weighted by atomic mass is 35.5. The number of likely N-dealkylation sites (N-methyl/N-ethyl adjacent to an activating group) is 1. The number of amides is 6. The van der Waals surface area contributed by atoms with Gasteiger partial charge >= 0.3 is 0 Å². The van der Waals surface area contributed by atoms with Crippen LogP contribution in [0.25, 0.3) is 0 Å². The van der Waals surface area contributed by atoms with Crippen LogP contribution in [0.15, 0.2) is 152 Å². The number of phenols is 3. The molecule has 2 heterocycles. The van der Waals surface area contributed by atoms with Crippen LogP contribution in [0, 0.1) is 0 Å². The minimum absolute atomic E-state index is 0. The van der Waals surface area contributed by atoms with E-state index in [1.807, 2.05) is 23.1 Å². The third-order valence-corrected chi connectivity index (χ3v) is 13.8. The van der Waals surface area contributed by atoms with Gasteiger partial charge in [0.2, 0.25) is 0 Å². The fourth-order valence-corrected chi connectivity index (χ4v) is 9.33. The van der Waals surface area contributed by atoms with E-state index in [0.29, 0.717) is 61.8 Å². The Kier molecular flexibility index (Phi) is 24.8. The molecular weight excluding hydrogens is 1110 g/mol. The predicted octanol–water partition coefficient (Wildman–Crippen LogP) is 13.6. The van der Waals surface area contributed by atoms with E-state index < -0.39 is 17.7 Å². The second-order valence-electron chi connectivity index (χ2n) is 19.0. The smallest absolute Gasteiger partial charge is 0.259 e. The average Bonchev–Trinajstić information content (AvgIpc) is 3.47. The molecule has 1 saturated heterocycles. The van der Waals surface area contributed by atoms with Crippen molar-refractivity contribution in [3.8, 4) is 17.2 Å². The summed E-state index contributed by atoms with van der Waals surface area (Å²) < 4.78 is 0. The lowest BCUT2D eigenvalue weighted by molar-refractivity contribution is 0.0723. The Morgan fingerprint density at radius 1 is 0.524 bits per heavy atom. The van der Waals surface area contributed by atoms with E-state index in [0.717, 1.165) is 63.7 Å². The zero-order valence-electron chi connectivity index (χ0n) is 43.8. The van der Waals surface area contributed by atoms with E-state index in [4.69, 9.17) is 34.8 Å². The highest BCUT2D eigenvalue weighted by Crippen LogP contribution is 2.27. The molecular formula is C63H68Cl3N7O9. The number of likely N-dealkylation sites (tertiary alicyclic amines) is 1. The zero-order valence-corrected chi connectivity index (χ0v) is 46.0. The van der Waals surface area contributed by atoms with Gasteiger partial charge in [0.05, 0.1) is 16.7 Å². The van der Waals surface area contributed by atoms with Crippen LogP contribution in [0.3, 0.4) is 0 Å². The summed E-state index contributed by atoms with van der Waals surface area (Å²) in [5.41, 5.74) is 4.18. The van der Waals surface area contributed by atoms with Crippen molar-refractivity contribution >= 4 is 87.3 Å². The average molecular weight is 1170 g/mol. The van der Waals surface area contributed by atoms with Crippen molar-refractivity contribution in [2.45, 2.75) is 78.7 Å². The van der Waals surface area contributed by atoms with Crippen LogP contribution in [0.4, 0.5) is 17.1 Å². The van der Waals surface area contributed by atoms with Gasteiger partial charge in [-0.25, -0.2) is 0 Å². The van der Waals surface area contributed by atoms with Crippen molar-refractivity contribution in [1.29, 1.82) is 0 Å². The zero-order chi connectivity index (χ0) is 57.1. The molecule has 82 heavy (non-hydrogen) atoms. The number of hydrogen-bond donors (Lipinski definition) is 7. The highest BCUT2D eigenvalue weighted by molar-refractivity contribution is 6.31. The number of phenolic OH excluding ortho intramolecular Hbond substituents is 3. The molecule has 430 valence electrons. The van der Waals surface area contributed by atoms with Crippen LogP contribution in [0.1, 0.15) is 134 Å². The topological polar surface area (TPSA) is 231 Å². The van der Waals surface area contributed by atoms with Gasteiger partial charge in [-0.05, 0) is 153 Å². The Balaban J connectivity index is 0.000000223. The van der Waals surface area contributed by atoms with E-state index in [2.05, 4.69) is 26.3 Å². The van der Waals surface area contributed by atoms with E-state index in [9.17, 15) is 44.1 Å².